The maximum atomic E-state index is 12.5. The molecule has 1 aliphatic rings. The largest absolute Gasteiger partial charge is 0.374 e. The second-order valence-electron chi connectivity index (χ2n) is 4.32. The van der Waals surface area contributed by atoms with Gasteiger partial charge in [0, 0.05) is 25.7 Å². The van der Waals surface area contributed by atoms with Crippen molar-refractivity contribution in [1.82, 2.24) is 4.31 Å². The predicted octanol–water partition coefficient (Wildman–Crippen LogP) is -0.0570. The van der Waals surface area contributed by atoms with Crippen LogP contribution in [0, 0.1) is 10.1 Å². The van der Waals surface area contributed by atoms with E-state index in [0.29, 0.717) is 0 Å². The van der Waals surface area contributed by atoms with Gasteiger partial charge in [-0.3, -0.25) is 10.1 Å². The summed E-state index contributed by atoms with van der Waals surface area (Å²) in [5, 5.41) is 10.9. The van der Waals surface area contributed by atoms with E-state index in [1.54, 1.807) is 0 Å². The van der Waals surface area contributed by atoms with E-state index < -0.39 is 20.6 Å². The van der Waals surface area contributed by atoms with Crippen LogP contribution in [0.3, 0.4) is 0 Å². The molecule has 0 bridgehead atoms. The topological polar surface area (TPSA) is 116 Å². The third-order valence-corrected chi connectivity index (χ3v) is 4.96. The zero-order valence-corrected chi connectivity index (χ0v) is 11.5. The maximum Gasteiger partial charge on any atom is 0.289 e. The van der Waals surface area contributed by atoms with Crippen LogP contribution >= 0.6 is 0 Å². The standard InChI is InChI=1S/C11H15N3O5S/c12-7-9-8-13(5-6-19-9)20(17,18)11-4-2-1-3-10(11)14(15)16/h1-4,9H,5-8,12H2. The van der Waals surface area contributed by atoms with Crippen molar-refractivity contribution in [3.05, 3.63) is 34.4 Å². The van der Waals surface area contributed by atoms with Crippen molar-refractivity contribution < 1.29 is 18.1 Å². The molecule has 0 aromatic heterocycles. The third-order valence-electron chi connectivity index (χ3n) is 3.04. The van der Waals surface area contributed by atoms with E-state index in [9.17, 15) is 18.5 Å². The molecule has 20 heavy (non-hydrogen) atoms. The van der Waals surface area contributed by atoms with Gasteiger partial charge in [-0.15, -0.1) is 0 Å². The van der Waals surface area contributed by atoms with Crippen molar-refractivity contribution in [1.29, 1.82) is 0 Å². The van der Waals surface area contributed by atoms with Gasteiger partial charge in [0.2, 0.25) is 10.0 Å². The van der Waals surface area contributed by atoms with Crippen LogP contribution in [0.4, 0.5) is 5.69 Å². The van der Waals surface area contributed by atoms with E-state index in [0.717, 1.165) is 0 Å². The molecule has 110 valence electrons. The molecular weight excluding hydrogens is 286 g/mol. The van der Waals surface area contributed by atoms with Crippen LogP contribution in [0.5, 0.6) is 0 Å². The second kappa shape index (κ2) is 5.83. The summed E-state index contributed by atoms with van der Waals surface area (Å²) < 4.78 is 31.5. The predicted molar refractivity (Wildman–Crippen MR) is 70.6 cm³/mol. The van der Waals surface area contributed by atoms with Crippen LogP contribution in [0.1, 0.15) is 0 Å². The fraction of sp³-hybridized carbons (Fsp3) is 0.455. The van der Waals surface area contributed by atoms with Gasteiger partial charge in [0.15, 0.2) is 4.90 Å². The molecule has 1 aromatic rings. The molecule has 0 saturated carbocycles. The normalized spacial score (nSPS) is 20.8. The van der Waals surface area contributed by atoms with Crippen LogP contribution in [0.15, 0.2) is 29.2 Å². The Bertz CT molecular complexity index is 604. The number of nitro groups is 1. The number of benzene rings is 1. The lowest BCUT2D eigenvalue weighted by atomic mass is 10.3. The first-order valence-corrected chi connectivity index (χ1v) is 7.46. The van der Waals surface area contributed by atoms with Crippen molar-refractivity contribution in [2.45, 2.75) is 11.0 Å². The summed E-state index contributed by atoms with van der Waals surface area (Å²) in [4.78, 5) is 9.95. The first kappa shape index (κ1) is 14.9. The number of morpholine rings is 1. The summed E-state index contributed by atoms with van der Waals surface area (Å²) >= 11 is 0. The van der Waals surface area contributed by atoms with Gasteiger partial charge < -0.3 is 10.5 Å². The first-order valence-electron chi connectivity index (χ1n) is 6.02. The molecule has 1 saturated heterocycles. The highest BCUT2D eigenvalue weighted by atomic mass is 32.2. The molecule has 1 heterocycles. The summed E-state index contributed by atoms with van der Waals surface area (Å²) in [6, 6.07) is 5.30. The van der Waals surface area contributed by atoms with E-state index in [1.807, 2.05) is 0 Å². The number of para-hydroxylation sites is 1. The molecule has 9 heteroatoms. The molecule has 0 aliphatic carbocycles. The molecule has 2 rings (SSSR count). The Kier molecular flexibility index (Phi) is 4.33. The van der Waals surface area contributed by atoms with Crippen LogP contribution in [-0.4, -0.2) is 50.0 Å². The molecule has 1 aliphatic heterocycles. The molecule has 1 fully saturated rings. The molecular formula is C11H15N3O5S. The van der Waals surface area contributed by atoms with E-state index in [2.05, 4.69) is 0 Å². The van der Waals surface area contributed by atoms with Gasteiger partial charge in [0.1, 0.15) is 0 Å². The number of nitro benzene ring substituents is 1. The van der Waals surface area contributed by atoms with E-state index in [4.69, 9.17) is 10.5 Å². The quantitative estimate of drug-likeness (QED) is 0.615. The number of ether oxygens (including phenoxy) is 1. The summed E-state index contributed by atoms with van der Waals surface area (Å²) in [5.74, 6) is 0. The Hall–Kier alpha value is -1.55. The highest BCUT2D eigenvalue weighted by molar-refractivity contribution is 7.89. The van der Waals surface area contributed by atoms with Crippen molar-refractivity contribution in [3.63, 3.8) is 0 Å². The Morgan fingerprint density at radius 2 is 2.15 bits per heavy atom. The second-order valence-corrected chi connectivity index (χ2v) is 6.22. The summed E-state index contributed by atoms with van der Waals surface area (Å²) in [5.41, 5.74) is 5.04. The van der Waals surface area contributed by atoms with Crippen molar-refractivity contribution in [2.75, 3.05) is 26.2 Å². The lowest BCUT2D eigenvalue weighted by Gasteiger charge is -2.31. The molecule has 0 spiro atoms. The van der Waals surface area contributed by atoms with Gasteiger partial charge in [0.25, 0.3) is 5.69 Å². The van der Waals surface area contributed by atoms with E-state index in [-0.39, 0.29) is 37.2 Å². The van der Waals surface area contributed by atoms with E-state index >= 15 is 0 Å². The Morgan fingerprint density at radius 1 is 1.45 bits per heavy atom. The third kappa shape index (κ3) is 2.80. The van der Waals surface area contributed by atoms with Crippen molar-refractivity contribution in [2.24, 2.45) is 5.73 Å². The molecule has 8 nitrogen and oxygen atoms in total. The minimum absolute atomic E-state index is 0.102. The Morgan fingerprint density at radius 3 is 2.80 bits per heavy atom. The molecule has 1 aromatic carbocycles. The minimum atomic E-state index is -3.92. The van der Waals surface area contributed by atoms with Crippen LogP contribution in [-0.2, 0) is 14.8 Å². The highest BCUT2D eigenvalue weighted by Gasteiger charge is 2.34. The van der Waals surface area contributed by atoms with Gasteiger partial charge >= 0.3 is 0 Å². The van der Waals surface area contributed by atoms with Gasteiger partial charge in [-0.2, -0.15) is 4.31 Å². The van der Waals surface area contributed by atoms with Crippen LogP contribution < -0.4 is 5.73 Å². The lowest BCUT2D eigenvalue weighted by Crippen LogP contribution is -2.48. The van der Waals surface area contributed by atoms with Gasteiger partial charge in [-0.1, -0.05) is 12.1 Å². The first-order chi connectivity index (χ1) is 9.46. The van der Waals surface area contributed by atoms with Crippen molar-refractivity contribution in [3.8, 4) is 0 Å². The highest BCUT2D eigenvalue weighted by Crippen LogP contribution is 2.27. The SMILES string of the molecule is NCC1CN(S(=O)(=O)c2ccccc2[N+](=O)[O-])CCO1. The average molecular weight is 301 g/mol. The maximum absolute atomic E-state index is 12.5. The van der Waals surface area contributed by atoms with E-state index in [1.165, 1.54) is 28.6 Å². The molecule has 0 radical (unpaired) electrons. The van der Waals surface area contributed by atoms with Crippen LogP contribution in [0.2, 0.25) is 0 Å². The van der Waals surface area contributed by atoms with Gasteiger partial charge in [-0.05, 0) is 6.07 Å². The van der Waals surface area contributed by atoms with Crippen molar-refractivity contribution >= 4 is 15.7 Å². The number of sulfonamides is 1. The molecule has 0 amide bonds. The Labute approximate surface area is 116 Å². The zero-order valence-electron chi connectivity index (χ0n) is 10.6. The average Bonchev–Trinajstić information content (AvgIpc) is 2.47. The number of nitrogens with two attached hydrogens (primary N) is 1. The number of nitrogens with zero attached hydrogens (tertiary/aromatic N) is 2. The molecule has 1 atom stereocenters. The van der Waals surface area contributed by atoms with Gasteiger partial charge in [0.05, 0.1) is 17.6 Å². The Balaban J connectivity index is 2.38. The number of hydrogen-bond acceptors (Lipinski definition) is 6. The lowest BCUT2D eigenvalue weighted by molar-refractivity contribution is -0.387. The summed E-state index contributed by atoms with van der Waals surface area (Å²) in [7, 11) is -3.92. The fourth-order valence-corrected chi connectivity index (χ4v) is 3.63. The zero-order chi connectivity index (χ0) is 14.8. The monoisotopic (exact) mass is 301 g/mol. The molecule has 2 N–H and O–H groups in total. The fourth-order valence-electron chi connectivity index (χ4n) is 2.02. The smallest absolute Gasteiger partial charge is 0.289 e. The minimum Gasteiger partial charge on any atom is -0.374 e. The molecule has 1 unspecified atom stereocenters. The number of rotatable bonds is 4. The summed E-state index contributed by atoms with van der Waals surface area (Å²) in [6.45, 7) is 0.681. The van der Waals surface area contributed by atoms with Gasteiger partial charge in [-0.25, -0.2) is 8.42 Å². The number of hydrogen-bond donors (Lipinski definition) is 1. The summed E-state index contributed by atoms with van der Waals surface area (Å²) in [6.07, 6.45) is -0.388. The van der Waals surface area contributed by atoms with Crippen LogP contribution in [0.25, 0.3) is 0 Å².